The van der Waals surface area contributed by atoms with E-state index in [0.29, 0.717) is 5.52 Å². The Balaban J connectivity index is 2.26. The summed E-state index contributed by atoms with van der Waals surface area (Å²) in [4.78, 5) is 19.3. The number of nitro benzene ring substituents is 1. The number of fused-ring (bicyclic) bond motifs is 1. The first-order chi connectivity index (χ1) is 10.2. The van der Waals surface area contributed by atoms with Crippen LogP contribution in [-0.2, 0) is 6.42 Å². The van der Waals surface area contributed by atoms with Crippen LogP contribution in [0.25, 0.3) is 16.6 Å². The number of rotatable bonds is 4. The van der Waals surface area contributed by atoms with E-state index in [0.717, 1.165) is 29.7 Å². The Morgan fingerprint density at radius 1 is 1.24 bits per heavy atom. The summed E-state index contributed by atoms with van der Waals surface area (Å²) in [7, 11) is 0. The molecule has 6 heteroatoms. The lowest BCUT2D eigenvalue weighted by molar-refractivity contribution is -0.383. The van der Waals surface area contributed by atoms with Gasteiger partial charge in [0.15, 0.2) is 0 Å². The Hall–Kier alpha value is -2.76. The molecule has 0 N–H and O–H groups in total. The SMILES string of the molecule is CCCc1nccn1-c1ccnc2c([N+](=O)[O-])cccc12. The van der Waals surface area contributed by atoms with Gasteiger partial charge in [0.1, 0.15) is 11.3 Å². The van der Waals surface area contributed by atoms with Crippen molar-refractivity contribution >= 4 is 16.6 Å². The molecule has 21 heavy (non-hydrogen) atoms. The summed E-state index contributed by atoms with van der Waals surface area (Å²) < 4.78 is 1.97. The van der Waals surface area contributed by atoms with E-state index in [1.54, 1.807) is 18.5 Å². The number of non-ortho nitro benzene ring substituents is 1. The highest BCUT2D eigenvalue weighted by atomic mass is 16.6. The van der Waals surface area contributed by atoms with Gasteiger partial charge in [-0.25, -0.2) is 9.97 Å². The second-order valence-electron chi connectivity index (χ2n) is 4.72. The Bertz CT molecular complexity index is 810. The van der Waals surface area contributed by atoms with Crippen molar-refractivity contribution in [2.75, 3.05) is 0 Å². The molecule has 1 aromatic carbocycles. The van der Waals surface area contributed by atoms with E-state index in [4.69, 9.17) is 0 Å². The predicted molar refractivity (Wildman–Crippen MR) is 79.5 cm³/mol. The molecule has 0 aliphatic carbocycles. The molecule has 106 valence electrons. The van der Waals surface area contributed by atoms with Crippen LogP contribution >= 0.6 is 0 Å². The number of benzene rings is 1. The van der Waals surface area contributed by atoms with Crippen molar-refractivity contribution in [1.29, 1.82) is 0 Å². The van der Waals surface area contributed by atoms with Crippen molar-refractivity contribution in [3.8, 4) is 5.69 Å². The summed E-state index contributed by atoms with van der Waals surface area (Å²) in [5.41, 5.74) is 1.28. The molecular weight excluding hydrogens is 268 g/mol. The van der Waals surface area contributed by atoms with Crippen LogP contribution < -0.4 is 0 Å². The fourth-order valence-electron chi connectivity index (χ4n) is 2.47. The Morgan fingerprint density at radius 2 is 2.10 bits per heavy atom. The lowest BCUT2D eigenvalue weighted by Crippen LogP contribution is -2.02. The molecule has 0 radical (unpaired) electrons. The minimum absolute atomic E-state index is 0.0199. The van der Waals surface area contributed by atoms with Crippen LogP contribution in [0.5, 0.6) is 0 Å². The number of para-hydroxylation sites is 1. The number of hydrogen-bond acceptors (Lipinski definition) is 4. The van der Waals surface area contributed by atoms with Gasteiger partial charge in [-0.2, -0.15) is 0 Å². The van der Waals surface area contributed by atoms with Crippen molar-refractivity contribution < 1.29 is 4.92 Å². The van der Waals surface area contributed by atoms with E-state index in [1.165, 1.54) is 6.07 Å². The summed E-state index contributed by atoms with van der Waals surface area (Å²) in [6.45, 7) is 2.09. The Labute approximate surface area is 121 Å². The van der Waals surface area contributed by atoms with Crippen molar-refractivity contribution in [3.05, 3.63) is 58.8 Å². The van der Waals surface area contributed by atoms with E-state index in [9.17, 15) is 10.1 Å². The molecule has 0 amide bonds. The van der Waals surface area contributed by atoms with E-state index in [1.807, 2.05) is 22.9 Å². The highest BCUT2D eigenvalue weighted by molar-refractivity contribution is 5.93. The fourth-order valence-corrected chi connectivity index (χ4v) is 2.47. The second-order valence-corrected chi connectivity index (χ2v) is 4.72. The van der Waals surface area contributed by atoms with E-state index < -0.39 is 4.92 Å². The molecule has 0 atom stereocenters. The maximum Gasteiger partial charge on any atom is 0.295 e. The van der Waals surface area contributed by atoms with Crippen LogP contribution in [0.15, 0.2) is 42.9 Å². The van der Waals surface area contributed by atoms with Crippen molar-refractivity contribution in [2.45, 2.75) is 19.8 Å². The Morgan fingerprint density at radius 3 is 2.86 bits per heavy atom. The van der Waals surface area contributed by atoms with Gasteiger partial charge in [-0.1, -0.05) is 19.1 Å². The lowest BCUT2D eigenvalue weighted by atomic mass is 10.1. The van der Waals surface area contributed by atoms with Crippen LogP contribution in [0.4, 0.5) is 5.69 Å². The second kappa shape index (κ2) is 5.32. The monoisotopic (exact) mass is 282 g/mol. The average Bonchev–Trinajstić information content (AvgIpc) is 2.94. The first-order valence-electron chi connectivity index (χ1n) is 6.77. The number of nitro groups is 1. The van der Waals surface area contributed by atoms with Crippen molar-refractivity contribution in [2.24, 2.45) is 0 Å². The molecule has 0 saturated carbocycles. The van der Waals surface area contributed by atoms with E-state index >= 15 is 0 Å². The number of imidazole rings is 1. The molecule has 6 nitrogen and oxygen atoms in total. The van der Waals surface area contributed by atoms with Crippen LogP contribution in [-0.4, -0.2) is 19.5 Å². The molecule has 2 heterocycles. The third-order valence-corrected chi connectivity index (χ3v) is 3.37. The maximum absolute atomic E-state index is 11.1. The summed E-state index contributed by atoms with van der Waals surface area (Å²) in [6, 6.07) is 6.86. The van der Waals surface area contributed by atoms with Gasteiger partial charge >= 0.3 is 0 Å². The zero-order valence-electron chi connectivity index (χ0n) is 11.6. The highest BCUT2D eigenvalue weighted by Gasteiger charge is 2.16. The average molecular weight is 282 g/mol. The molecule has 0 aliphatic rings. The fraction of sp³-hybridized carbons (Fsp3) is 0.200. The normalized spacial score (nSPS) is 10.9. The van der Waals surface area contributed by atoms with E-state index in [-0.39, 0.29) is 5.69 Å². The Kier molecular flexibility index (Phi) is 3.35. The largest absolute Gasteiger partial charge is 0.303 e. The molecule has 0 spiro atoms. The van der Waals surface area contributed by atoms with Gasteiger partial charge < -0.3 is 4.57 Å². The first kappa shape index (κ1) is 13.2. The topological polar surface area (TPSA) is 73.8 Å². The molecule has 3 rings (SSSR count). The quantitative estimate of drug-likeness (QED) is 0.543. The smallest absolute Gasteiger partial charge is 0.295 e. The number of hydrogen-bond donors (Lipinski definition) is 0. The first-order valence-corrected chi connectivity index (χ1v) is 6.77. The zero-order valence-corrected chi connectivity index (χ0v) is 11.6. The van der Waals surface area contributed by atoms with Crippen LogP contribution in [0.3, 0.4) is 0 Å². The highest BCUT2D eigenvalue weighted by Crippen LogP contribution is 2.28. The summed E-state index contributed by atoms with van der Waals surface area (Å²) in [5.74, 6) is 0.941. The van der Waals surface area contributed by atoms with Crippen LogP contribution in [0.2, 0.25) is 0 Å². The van der Waals surface area contributed by atoms with Gasteiger partial charge in [-0.15, -0.1) is 0 Å². The van der Waals surface area contributed by atoms with E-state index in [2.05, 4.69) is 16.9 Å². The van der Waals surface area contributed by atoms with Gasteiger partial charge in [0.2, 0.25) is 0 Å². The molecule has 2 aromatic heterocycles. The summed E-state index contributed by atoms with van der Waals surface area (Å²) >= 11 is 0. The maximum atomic E-state index is 11.1. The molecule has 0 fully saturated rings. The zero-order chi connectivity index (χ0) is 14.8. The number of pyridine rings is 1. The molecule has 3 aromatic rings. The molecule has 0 aliphatic heterocycles. The number of aromatic nitrogens is 3. The van der Waals surface area contributed by atoms with Crippen molar-refractivity contribution in [1.82, 2.24) is 14.5 Å². The van der Waals surface area contributed by atoms with Crippen LogP contribution in [0, 0.1) is 10.1 Å². The number of nitrogens with zero attached hydrogens (tertiary/aromatic N) is 4. The summed E-state index contributed by atoms with van der Waals surface area (Å²) in [5, 5.41) is 11.9. The third-order valence-electron chi connectivity index (χ3n) is 3.37. The molecular formula is C15H14N4O2. The standard InChI is InChI=1S/C15H14N4O2/c1-2-4-14-16-9-10-18(14)12-7-8-17-15-11(12)5-3-6-13(15)19(20)21/h3,5-10H,2,4H2,1H3. The predicted octanol–water partition coefficient (Wildman–Crippen LogP) is 3.28. The minimum Gasteiger partial charge on any atom is -0.303 e. The van der Waals surface area contributed by atoms with Crippen LogP contribution in [0.1, 0.15) is 19.2 Å². The summed E-state index contributed by atoms with van der Waals surface area (Å²) in [6.07, 6.45) is 7.06. The minimum atomic E-state index is -0.403. The molecule has 0 unspecified atom stereocenters. The number of aryl methyl sites for hydroxylation is 1. The lowest BCUT2D eigenvalue weighted by Gasteiger charge is -2.10. The van der Waals surface area contributed by atoms with Gasteiger partial charge in [-0.3, -0.25) is 10.1 Å². The van der Waals surface area contributed by atoms with Crippen molar-refractivity contribution in [3.63, 3.8) is 0 Å². The third kappa shape index (κ3) is 2.24. The van der Waals surface area contributed by atoms with Gasteiger partial charge in [0.05, 0.1) is 10.6 Å². The van der Waals surface area contributed by atoms with Gasteiger partial charge in [0.25, 0.3) is 5.69 Å². The molecule has 0 bridgehead atoms. The van der Waals surface area contributed by atoms with Gasteiger partial charge in [-0.05, 0) is 12.5 Å². The molecule has 0 saturated heterocycles. The van der Waals surface area contributed by atoms with Gasteiger partial charge in [0, 0.05) is 36.5 Å².